The van der Waals surface area contributed by atoms with E-state index >= 15 is 0 Å². The lowest BCUT2D eigenvalue weighted by molar-refractivity contribution is -0.145. The molecular formula is C34H66O4. The standard InChI is InChI=1S/C34H66O4/c1-31(2)25-19-13-9-5-7-11-17-23-29-37-33(35)27-21-15-16-22-28-34(36)38-30-24-18-12-8-6-10-14-20-26-32(3)4/h31-32H,5-30H2,1-4H3. The van der Waals surface area contributed by atoms with Crippen LogP contribution in [0.1, 0.15) is 182 Å². The Morgan fingerprint density at radius 1 is 0.395 bits per heavy atom. The van der Waals surface area contributed by atoms with E-state index in [-0.39, 0.29) is 11.9 Å². The van der Waals surface area contributed by atoms with Gasteiger partial charge in [-0.2, -0.15) is 0 Å². The van der Waals surface area contributed by atoms with Gasteiger partial charge in [0.2, 0.25) is 0 Å². The van der Waals surface area contributed by atoms with Gasteiger partial charge in [-0.1, -0.05) is 143 Å². The molecule has 0 aliphatic heterocycles. The molecule has 0 spiro atoms. The predicted molar refractivity (Wildman–Crippen MR) is 162 cm³/mol. The summed E-state index contributed by atoms with van der Waals surface area (Å²) in [4.78, 5) is 23.7. The highest BCUT2D eigenvalue weighted by Crippen LogP contribution is 2.14. The Bertz CT molecular complexity index is 469. The summed E-state index contributed by atoms with van der Waals surface area (Å²) < 4.78 is 10.7. The van der Waals surface area contributed by atoms with Gasteiger partial charge in [0.25, 0.3) is 0 Å². The van der Waals surface area contributed by atoms with E-state index < -0.39 is 0 Å². The molecular weight excluding hydrogens is 472 g/mol. The number of rotatable bonds is 29. The average molecular weight is 539 g/mol. The van der Waals surface area contributed by atoms with Crippen LogP contribution in [0.5, 0.6) is 0 Å². The molecule has 0 aromatic heterocycles. The minimum absolute atomic E-state index is 0.0688. The molecule has 0 aliphatic carbocycles. The molecule has 0 saturated carbocycles. The third kappa shape index (κ3) is 31.2. The second-order valence-electron chi connectivity index (χ2n) is 12.4. The van der Waals surface area contributed by atoms with Crippen molar-refractivity contribution in [2.75, 3.05) is 13.2 Å². The largest absolute Gasteiger partial charge is 0.466 e. The lowest BCUT2D eigenvalue weighted by atomic mass is 10.0. The monoisotopic (exact) mass is 538 g/mol. The third-order valence-electron chi connectivity index (χ3n) is 7.39. The fraction of sp³-hybridized carbons (Fsp3) is 0.941. The Morgan fingerprint density at radius 2 is 0.658 bits per heavy atom. The van der Waals surface area contributed by atoms with Crippen molar-refractivity contribution in [1.29, 1.82) is 0 Å². The Morgan fingerprint density at radius 3 is 0.974 bits per heavy atom. The smallest absolute Gasteiger partial charge is 0.305 e. The summed E-state index contributed by atoms with van der Waals surface area (Å²) >= 11 is 0. The van der Waals surface area contributed by atoms with Crippen LogP contribution < -0.4 is 0 Å². The average Bonchev–Trinajstić information content (AvgIpc) is 2.87. The second-order valence-corrected chi connectivity index (χ2v) is 12.4. The minimum Gasteiger partial charge on any atom is -0.466 e. The van der Waals surface area contributed by atoms with Crippen LogP contribution >= 0.6 is 0 Å². The van der Waals surface area contributed by atoms with Crippen LogP contribution in [0.2, 0.25) is 0 Å². The van der Waals surface area contributed by atoms with Gasteiger partial charge in [-0.15, -0.1) is 0 Å². The van der Waals surface area contributed by atoms with E-state index in [9.17, 15) is 9.59 Å². The first-order valence-corrected chi connectivity index (χ1v) is 16.7. The summed E-state index contributed by atoms with van der Waals surface area (Å²) in [6.45, 7) is 10.3. The van der Waals surface area contributed by atoms with E-state index in [0.29, 0.717) is 26.1 Å². The van der Waals surface area contributed by atoms with Crippen molar-refractivity contribution in [2.45, 2.75) is 182 Å². The van der Waals surface area contributed by atoms with Crippen molar-refractivity contribution in [1.82, 2.24) is 0 Å². The van der Waals surface area contributed by atoms with Crippen LogP contribution in [0.3, 0.4) is 0 Å². The Balaban J connectivity index is 3.28. The molecule has 0 amide bonds. The van der Waals surface area contributed by atoms with Crippen molar-refractivity contribution in [3.05, 3.63) is 0 Å². The first kappa shape index (κ1) is 36.9. The maximum atomic E-state index is 11.9. The number of unbranched alkanes of at least 4 members (excludes halogenated alkanes) is 17. The molecule has 226 valence electrons. The molecule has 0 N–H and O–H groups in total. The van der Waals surface area contributed by atoms with Crippen LogP contribution in [-0.2, 0) is 19.1 Å². The van der Waals surface area contributed by atoms with Gasteiger partial charge >= 0.3 is 11.9 Å². The fourth-order valence-electron chi connectivity index (χ4n) is 4.84. The van der Waals surface area contributed by atoms with Gasteiger partial charge in [0.15, 0.2) is 0 Å². The van der Waals surface area contributed by atoms with Crippen LogP contribution in [0.25, 0.3) is 0 Å². The second kappa shape index (κ2) is 28.9. The summed E-state index contributed by atoms with van der Waals surface area (Å²) in [6, 6.07) is 0. The molecule has 0 rings (SSSR count). The number of hydrogen-bond donors (Lipinski definition) is 0. The molecule has 4 nitrogen and oxygen atoms in total. The molecule has 0 aliphatic rings. The SMILES string of the molecule is CC(C)CCCCCCCCCCOC(=O)CCCCCCC(=O)OCCCCCCCCCCC(C)C. The van der Waals surface area contributed by atoms with E-state index in [1.807, 2.05) is 0 Å². The fourth-order valence-corrected chi connectivity index (χ4v) is 4.84. The number of carbonyl (C=O) groups is 2. The van der Waals surface area contributed by atoms with Crippen molar-refractivity contribution in [3.8, 4) is 0 Å². The maximum Gasteiger partial charge on any atom is 0.305 e. The topological polar surface area (TPSA) is 52.6 Å². The molecule has 0 bridgehead atoms. The summed E-state index contributed by atoms with van der Waals surface area (Å²) in [5.74, 6) is 1.53. The minimum atomic E-state index is -0.0688. The Kier molecular flexibility index (Phi) is 28.1. The molecule has 0 saturated heterocycles. The Hall–Kier alpha value is -1.06. The van der Waals surface area contributed by atoms with Crippen LogP contribution in [0.15, 0.2) is 0 Å². The van der Waals surface area contributed by atoms with E-state index in [4.69, 9.17) is 9.47 Å². The first-order valence-electron chi connectivity index (χ1n) is 16.7. The molecule has 0 aromatic rings. The molecule has 38 heavy (non-hydrogen) atoms. The van der Waals surface area contributed by atoms with Crippen molar-refractivity contribution in [3.63, 3.8) is 0 Å². The van der Waals surface area contributed by atoms with E-state index in [1.54, 1.807) is 0 Å². The summed E-state index contributed by atoms with van der Waals surface area (Å²) in [6.07, 6.45) is 27.7. The van der Waals surface area contributed by atoms with Gasteiger partial charge in [-0.05, 0) is 37.5 Å². The zero-order valence-electron chi connectivity index (χ0n) is 26.2. The maximum absolute atomic E-state index is 11.9. The molecule has 0 heterocycles. The highest BCUT2D eigenvalue weighted by atomic mass is 16.5. The summed E-state index contributed by atoms with van der Waals surface area (Å²) in [5, 5.41) is 0. The van der Waals surface area contributed by atoms with Gasteiger partial charge in [-0.3, -0.25) is 9.59 Å². The van der Waals surface area contributed by atoms with Crippen LogP contribution in [0.4, 0.5) is 0 Å². The molecule has 0 radical (unpaired) electrons. The van der Waals surface area contributed by atoms with Gasteiger partial charge in [0, 0.05) is 12.8 Å². The lowest BCUT2D eigenvalue weighted by Crippen LogP contribution is -2.06. The van der Waals surface area contributed by atoms with E-state index in [1.165, 1.54) is 89.9 Å². The zero-order valence-corrected chi connectivity index (χ0v) is 26.2. The van der Waals surface area contributed by atoms with Crippen molar-refractivity contribution in [2.24, 2.45) is 11.8 Å². The number of esters is 2. The zero-order chi connectivity index (χ0) is 28.1. The predicted octanol–water partition coefficient (Wildman–Crippen LogP) is 10.7. The Labute approximate surface area is 237 Å². The lowest BCUT2D eigenvalue weighted by Gasteiger charge is -2.06. The third-order valence-corrected chi connectivity index (χ3v) is 7.39. The normalized spacial score (nSPS) is 11.4. The first-order chi connectivity index (χ1) is 18.4. The highest BCUT2D eigenvalue weighted by molar-refractivity contribution is 5.69. The van der Waals surface area contributed by atoms with Crippen LogP contribution in [-0.4, -0.2) is 25.2 Å². The number of ether oxygens (including phenoxy) is 2. The van der Waals surface area contributed by atoms with Crippen molar-refractivity contribution >= 4 is 11.9 Å². The summed E-state index contributed by atoms with van der Waals surface area (Å²) in [7, 11) is 0. The van der Waals surface area contributed by atoms with Crippen LogP contribution in [0, 0.1) is 11.8 Å². The summed E-state index contributed by atoms with van der Waals surface area (Å²) in [5.41, 5.74) is 0. The quantitative estimate of drug-likeness (QED) is 0.0702. The van der Waals surface area contributed by atoms with Gasteiger partial charge in [-0.25, -0.2) is 0 Å². The van der Waals surface area contributed by atoms with E-state index in [0.717, 1.165) is 63.2 Å². The number of carbonyl (C=O) groups excluding carboxylic acids is 2. The molecule has 0 aromatic carbocycles. The van der Waals surface area contributed by atoms with Gasteiger partial charge in [0.1, 0.15) is 0 Å². The molecule has 0 unspecified atom stereocenters. The number of hydrogen-bond acceptors (Lipinski definition) is 4. The van der Waals surface area contributed by atoms with Gasteiger partial charge in [0.05, 0.1) is 13.2 Å². The highest BCUT2D eigenvalue weighted by Gasteiger charge is 2.05. The van der Waals surface area contributed by atoms with E-state index in [2.05, 4.69) is 27.7 Å². The van der Waals surface area contributed by atoms with Crippen molar-refractivity contribution < 1.29 is 19.1 Å². The van der Waals surface area contributed by atoms with Gasteiger partial charge < -0.3 is 9.47 Å². The molecule has 4 heteroatoms. The molecule has 0 atom stereocenters. The molecule has 0 fully saturated rings.